The van der Waals surface area contributed by atoms with Gasteiger partial charge in [0.15, 0.2) is 0 Å². The van der Waals surface area contributed by atoms with Crippen LogP contribution in [0.5, 0.6) is 5.75 Å². The van der Waals surface area contributed by atoms with Crippen molar-refractivity contribution in [2.75, 3.05) is 30.5 Å². The van der Waals surface area contributed by atoms with Crippen LogP contribution in [-0.2, 0) is 10.2 Å². The second-order valence-electron chi connectivity index (χ2n) is 4.40. The van der Waals surface area contributed by atoms with Crippen molar-refractivity contribution in [3.63, 3.8) is 0 Å². The fraction of sp³-hybridized carbons (Fsp3) is 0.500. The van der Waals surface area contributed by atoms with Gasteiger partial charge in [0.2, 0.25) is 0 Å². The Morgan fingerprint density at radius 1 is 1.21 bits per heavy atom. The summed E-state index contributed by atoms with van der Waals surface area (Å²) in [6.07, 6.45) is 1.10. The molecule has 2 rings (SSSR count). The molecular formula is C12H18N2O4S. The number of benzene rings is 1. The molecule has 106 valence electrons. The molecule has 0 aliphatic carbocycles. The lowest BCUT2D eigenvalue weighted by Crippen LogP contribution is -2.50. The molecule has 1 heterocycles. The van der Waals surface area contributed by atoms with Gasteiger partial charge in [-0.1, -0.05) is 12.1 Å². The van der Waals surface area contributed by atoms with Crippen LogP contribution in [-0.4, -0.2) is 49.2 Å². The number of phenolic OH excluding ortho intramolecular Hbond substituents is 1. The molecule has 6 nitrogen and oxygen atoms in total. The molecule has 1 saturated heterocycles. The molecule has 0 aromatic heterocycles. The summed E-state index contributed by atoms with van der Waals surface area (Å²) < 4.78 is 27.4. The molecule has 1 aromatic rings. The summed E-state index contributed by atoms with van der Waals surface area (Å²) in [5.41, 5.74) is 0.302. The Hall–Kier alpha value is -1.31. The molecule has 0 amide bonds. The molecular weight excluding hydrogens is 268 g/mol. The Labute approximate surface area is 113 Å². The molecule has 0 saturated carbocycles. The van der Waals surface area contributed by atoms with Gasteiger partial charge in [0, 0.05) is 26.2 Å². The molecule has 0 atom stereocenters. The lowest BCUT2D eigenvalue weighted by Gasteiger charge is -2.36. The summed E-state index contributed by atoms with van der Waals surface area (Å²) in [7, 11) is -3.62. The molecule has 7 heteroatoms. The monoisotopic (exact) mass is 286 g/mol. The number of phenols is 1. The lowest BCUT2D eigenvalue weighted by atomic mass is 10.3. The highest BCUT2D eigenvalue weighted by Crippen LogP contribution is 2.31. The highest BCUT2D eigenvalue weighted by molar-refractivity contribution is 7.90. The first-order chi connectivity index (χ1) is 9.07. The van der Waals surface area contributed by atoms with E-state index < -0.39 is 10.2 Å². The van der Waals surface area contributed by atoms with Crippen LogP contribution < -0.4 is 4.31 Å². The first-order valence-corrected chi connectivity index (χ1v) is 7.63. The minimum Gasteiger partial charge on any atom is -0.506 e. The van der Waals surface area contributed by atoms with Crippen LogP contribution in [0, 0.1) is 0 Å². The Bertz CT molecular complexity index is 532. The Kier molecular flexibility index (Phi) is 4.28. The van der Waals surface area contributed by atoms with Crippen molar-refractivity contribution in [1.29, 1.82) is 0 Å². The second-order valence-corrected chi connectivity index (χ2v) is 6.25. The molecule has 1 fully saturated rings. The van der Waals surface area contributed by atoms with Gasteiger partial charge in [0.05, 0.1) is 5.69 Å². The molecule has 2 N–H and O–H groups in total. The average Bonchev–Trinajstić information content (AvgIpc) is 2.38. The molecule has 0 radical (unpaired) electrons. The Morgan fingerprint density at radius 3 is 2.63 bits per heavy atom. The van der Waals surface area contributed by atoms with Crippen molar-refractivity contribution in [3.05, 3.63) is 24.3 Å². The Balaban J connectivity index is 2.29. The van der Waals surface area contributed by atoms with Crippen LogP contribution in [0.2, 0.25) is 0 Å². The van der Waals surface area contributed by atoms with Crippen molar-refractivity contribution < 1.29 is 18.6 Å². The normalized spacial score (nSPS) is 19.5. The molecule has 0 spiro atoms. The van der Waals surface area contributed by atoms with Crippen LogP contribution >= 0.6 is 0 Å². The number of hydrogen-bond donors (Lipinski definition) is 2. The number of rotatable bonds is 4. The van der Waals surface area contributed by atoms with Crippen molar-refractivity contribution in [3.8, 4) is 5.75 Å². The summed E-state index contributed by atoms with van der Waals surface area (Å²) in [5.74, 6) is -0.0462. The predicted molar refractivity (Wildman–Crippen MR) is 72.3 cm³/mol. The van der Waals surface area contributed by atoms with Gasteiger partial charge >= 0.3 is 10.2 Å². The van der Waals surface area contributed by atoms with E-state index in [0.29, 0.717) is 38.2 Å². The van der Waals surface area contributed by atoms with Crippen LogP contribution in [0.1, 0.15) is 12.8 Å². The standard InChI is InChI=1S/C12H18N2O4S/c15-10-4-8-13-7-3-9-14(19(13,17)18)11-5-1-2-6-12(11)16/h1-2,5-6,15-16H,3-4,7-10H2. The third-order valence-electron chi connectivity index (χ3n) is 3.09. The highest BCUT2D eigenvalue weighted by Gasteiger charge is 2.34. The van der Waals surface area contributed by atoms with Gasteiger partial charge in [0.1, 0.15) is 5.75 Å². The zero-order chi connectivity index (χ0) is 13.9. The van der Waals surface area contributed by atoms with Crippen molar-refractivity contribution >= 4 is 15.9 Å². The Morgan fingerprint density at radius 2 is 1.95 bits per heavy atom. The van der Waals surface area contributed by atoms with E-state index in [1.54, 1.807) is 18.2 Å². The number of anilines is 1. The van der Waals surface area contributed by atoms with E-state index in [2.05, 4.69) is 0 Å². The fourth-order valence-electron chi connectivity index (χ4n) is 2.15. The van der Waals surface area contributed by atoms with Crippen LogP contribution in [0.25, 0.3) is 0 Å². The average molecular weight is 286 g/mol. The van der Waals surface area contributed by atoms with Gasteiger partial charge < -0.3 is 10.2 Å². The smallest absolute Gasteiger partial charge is 0.304 e. The van der Waals surface area contributed by atoms with E-state index in [1.807, 2.05) is 0 Å². The van der Waals surface area contributed by atoms with Crippen LogP contribution in [0.3, 0.4) is 0 Å². The van der Waals surface area contributed by atoms with Gasteiger partial charge in [-0.3, -0.25) is 4.31 Å². The maximum atomic E-state index is 12.4. The van der Waals surface area contributed by atoms with Crippen LogP contribution in [0.15, 0.2) is 24.3 Å². The molecule has 1 aliphatic heterocycles. The first kappa shape index (κ1) is 14.1. The maximum absolute atomic E-state index is 12.4. The van der Waals surface area contributed by atoms with E-state index in [9.17, 15) is 13.5 Å². The van der Waals surface area contributed by atoms with E-state index in [4.69, 9.17) is 5.11 Å². The summed E-state index contributed by atoms with van der Waals surface area (Å²) in [4.78, 5) is 0. The van der Waals surface area contributed by atoms with E-state index in [-0.39, 0.29) is 12.4 Å². The molecule has 19 heavy (non-hydrogen) atoms. The SMILES string of the molecule is O=S1(=O)N(CCCO)CCCN1c1ccccc1O. The molecule has 1 aromatic carbocycles. The first-order valence-electron chi connectivity index (χ1n) is 6.24. The van der Waals surface area contributed by atoms with Gasteiger partial charge in [-0.05, 0) is 25.0 Å². The number of aromatic hydroxyl groups is 1. The zero-order valence-electron chi connectivity index (χ0n) is 10.6. The van der Waals surface area contributed by atoms with Crippen LogP contribution in [0.4, 0.5) is 5.69 Å². The fourth-order valence-corrected chi connectivity index (χ4v) is 3.92. The predicted octanol–water partition coefficient (Wildman–Crippen LogP) is 0.531. The molecule has 0 unspecified atom stereocenters. The van der Waals surface area contributed by atoms with Gasteiger partial charge in [-0.15, -0.1) is 0 Å². The van der Waals surface area contributed by atoms with E-state index in [1.165, 1.54) is 14.7 Å². The largest absolute Gasteiger partial charge is 0.506 e. The summed E-state index contributed by atoms with van der Waals surface area (Å²) in [5, 5.41) is 18.6. The lowest BCUT2D eigenvalue weighted by molar-refractivity contribution is 0.266. The third kappa shape index (κ3) is 2.83. The number of nitrogens with zero attached hydrogens (tertiary/aromatic N) is 2. The summed E-state index contributed by atoms with van der Waals surface area (Å²) in [6.45, 7) is 1.06. The number of aliphatic hydroxyl groups is 1. The quantitative estimate of drug-likeness (QED) is 0.846. The van der Waals surface area contributed by atoms with Gasteiger partial charge in [-0.2, -0.15) is 12.7 Å². The van der Waals surface area contributed by atoms with Crippen molar-refractivity contribution in [2.45, 2.75) is 12.8 Å². The molecule has 0 bridgehead atoms. The molecule has 1 aliphatic rings. The minimum atomic E-state index is -3.62. The topological polar surface area (TPSA) is 81.1 Å². The third-order valence-corrected chi connectivity index (χ3v) is 5.04. The van der Waals surface area contributed by atoms with E-state index >= 15 is 0 Å². The summed E-state index contributed by atoms with van der Waals surface area (Å²) >= 11 is 0. The van der Waals surface area contributed by atoms with Crippen molar-refractivity contribution in [2.24, 2.45) is 0 Å². The van der Waals surface area contributed by atoms with Gasteiger partial charge in [-0.25, -0.2) is 0 Å². The van der Waals surface area contributed by atoms with E-state index in [0.717, 1.165) is 0 Å². The zero-order valence-corrected chi connectivity index (χ0v) is 11.4. The minimum absolute atomic E-state index is 0.0391. The van der Waals surface area contributed by atoms with Gasteiger partial charge in [0.25, 0.3) is 0 Å². The second kappa shape index (κ2) is 5.77. The number of para-hydroxylation sites is 2. The number of hydrogen-bond acceptors (Lipinski definition) is 4. The highest BCUT2D eigenvalue weighted by atomic mass is 32.2. The van der Waals surface area contributed by atoms with Crippen molar-refractivity contribution in [1.82, 2.24) is 4.31 Å². The number of aliphatic hydroxyl groups excluding tert-OH is 1. The maximum Gasteiger partial charge on any atom is 0.304 e. The summed E-state index contributed by atoms with van der Waals surface area (Å²) in [6, 6.07) is 6.40.